The molecule has 242 valence electrons. The second-order valence-electron chi connectivity index (χ2n) is 10.9. The maximum absolute atomic E-state index is 13.2. The molecule has 3 heterocycles. The van der Waals surface area contributed by atoms with Crippen LogP contribution in [0.15, 0.2) is 66.9 Å². The fraction of sp³-hybridized carbons (Fsp3) is 0.182. The van der Waals surface area contributed by atoms with Gasteiger partial charge in [0.05, 0.1) is 25.5 Å². The maximum Gasteiger partial charge on any atom is 0.328 e. The molecule has 0 aliphatic carbocycles. The van der Waals surface area contributed by atoms with E-state index in [0.29, 0.717) is 34.3 Å². The Kier molecular flexibility index (Phi) is 8.57. The largest absolute Gasteiger partial charge is 0.467 e. The van der Waals surface area contributed by atoms with Crippen LogP contribution in [0.1, 0.15) is 49.6 Å². The number of methoxy groups -OCH3 is 1. The summed E-state index contributed by atoms with van der Waals surface area (Å²) in [6.45, 7) is 0.0756. The first-order valence-corrected chi connectivity index (χ1v) is 14.8. The Morgan fingerprint density at radius 1 is 0.979 bits per heavy atom. The number of carbonyl (C=O) groups excluding carboxylic acids is 5. The van der Waals surface area contributed by atoms with E-state index in [-0.39, 0.29) is 54.4 Å². The summed E-state index contributed by atoms with van der Waals surface area (Å²) in [5, 5.41) is 4.10. The first-order chi connectivity index (χ1) is 23.2. The Balaban J connectivity index is 1.09. The van der Waals surface area contributed by atoms with Gasteiger partial charge in [0.25, 0.3) is 17.7 Å². The molecule has 0 unspecified atom stereocenters. The number of fused-ring (bicyclic) bond motifs is 1. The van der Waals surface area contributed by atoms with Crippen molar-refractivity contribution >= 4 is 69.5 Å². The SMILES string of the molecule is COC(=O)[C@H](CCCN1C(=O)c2cccc3cccc(c23)C1=O)NC(=O)c1ccc(N(C=O)Cc2cnc3nc(N)nc(N)c3n2)cc1. The van der Waals surface area contributed by atoms with Crippen LogP contribution in [0.2, 0.25) is 0 Å². The molecule has 0 saturated heterocycles. The molecule has 0 spiro atoms. The van der Waals surface area contributed by atoms with Crippen LogP contribution in [0.25, 0.3) is 21.9 Å². The highest BCUT2D eigenvalue weighted by molar-refractivity contribution is 6.25. The molecule has 1 aliphatic rings. The third-order valence-corrected chi connectivity index (χ3v) is 7.94. The molecule has 48 heavy (non-hydrogen) atoms. The number of amides is 4. The predicted molar refractivity (Wildman–Crippen MR) is 174 cm³/mol. The Morgan fingerprint density at radius 2 is 1.67 bits per heavy atom. The zero-order chi connectivity index (χ0) is 33.9. The van der Waals surface area contributed by atoms with Gasteiger partial charge in [-0.25, -0.2) is 14.8 Å². The Bertz CT molecular complexity index is 2050. The lowest BCUT2D eigenvalue weighted by atomic mass is 9.94. The number of hydrogen-bond acceptors (Lipinski definition) is 12. The summed E-state index contributed by atoms with van der Waals surface area (Å²) in [5.74, 6) is -2.04. The number of benzene rings is 3. The number of anilines is 3. The highest BCUT2D eigenvalue weighted by Gasteiger charge is 2.33. The van der Waals surface area contributed by atoms with Gasteiger partial charge in [-0.05, 0) is 54.6 Å². The minimum Gasteiger partial charge on any atom is -0.467 e. The fourth-order valence-electron chi connectivity index (χ4n) is 5.60. The summed E-state index contributed by atoms with van der Waals surface area (Å²) in [6, 6.07) is 15.7. The minimum atomic E-state index is -1.04. The molecule has 4 amide bonds. The zero-order valence-electron chi connectivity index (χ0n) is 25.6. The van der Waals surface area contributed by atoms with Gasteiger partial charge >= 0.3 is 5.97 Å². The number of carbonyl (C=O) groups is 5. The van der Waals surface area contributed by atoms with Gasteiger partial charge < -0.3 is 26.4 Å². The molecular formula is C33H29N9O6. The van der Waals surface area contributed by atoms with Crippen molar-refractivity contribution in [2.24, 2.45) is 0 Å². The summed E-state index contributed by atoms with van der Waals surface area (Å²) < 4.78 is 4.90. The number of rotatable bonds is 11. The molecule has 0 saturated carbocycles. The summed E-state index contributed by atoms with van der Waals surface area (Å²) >= 11 is 0. The number of imide groups is 1. The van der Waals surface area contributed by atoms with Crippen molar-refractivity contribution in [2.75, 3.05) is 30.0 Å². The number of nitrogens with zero attached hydrogens (tertiary/aromatic N) is 6. The molecular weight excluding hydrogens is 618 g/mol. The van der Waals surface area contributed by atoms with Gasteiger partial charge in [0.15, 0.2) is 17.0 Å². The average molecular weight is 648 g/mol. The fourth-order valence-corrected chi connectivity index (χ4v) is 5.60. The van der Waals surface area contributed by atoms with Crippen molar-refractivity contribution in [3.63, 3.8) is 0 Å². The number of nitrogens with one attached hydrogen (secondary N) is 1. The van der Waals surface area contributed by atoms with Crippen LogP contribution in [-0.4, -0.2) is 74.6 Å². The van der Waals surface area contributed by atoms with Crippen LogP contribution in [-0.2, 0) is 20.9 Å². The van der Waals surface area contributed by atoms with Crippen molar-refractivity contribution in [1.82, 2.24) is 30.2 Å². The number of nitrogens with two attached hydrogens (primary N) is 2. The van der Waals surface area contributed by atoms with E-state index in [1.165, 1.54) is 30.3 Å². The molecule has 5 aromatic rings. The maximum atomic E-state index is 13.2. The molecule has 0 fully saturated rings. The molecule has 0 bridgehead atoms. The summed E-state index contributed by atoms with van der Waals surface area (Å²) in [5.41, 5.74) is 13.9. The zero-order valence-corrected chi connectivity index (χ0v) is 25.6. The molecule has 1 aliphatic heterocycles. The number of aromatic nitrogens is 4. The van der Waals surface area contributed by atoms with Gasteiger partial charge in [-0.3, -0.25) is 24.1 Å². The molecule has 5 N–H and O–H groups in total. The molecule has 2 aromatic heterocycles. The Morgan fingerprint density at radius 3 is 2.31 bits per heavy atom. The highest BCUT2D eigenvalue weighted by Crippen LogP contribution is 2.30. The van der Waals surface area contributed by atoms with Crippen molar-refractivity contribution in [1.29, 1.82) is 0 Å². The van der Waals surface area contributed by atoms with E-state index < -0.39 is 29.7 Å². The van der Waals surface area contributed by atoms with Crippen LogP contribution < -0.4 is 21.7 Å². The average Bonchev–Trinajstić information content (AvgIpc) is 3.10. The van der Waals surface area contributed by atoms with Crippen LogP contribution >= 0.6 is 0 Å². The first-order valence-electron chi connectivity index (χ1n) is 14.8. The van der Waals surface area contributed by atoms with Crippen molar-refractivity contribution in [2.45, 2.75) is 25.4 Å². The van der Waals surface area contributed by atoms with Gasteiger partial charge in [-0.15, -0.1) is 0 Å². The Hall–Kier alpha value is -6.51. The topological polar surface area (TPSA) is 217 Å². The van der Waals surface area contributed by atoms with Gasteiger partial charge in [-0.2, -0.15) is 9.97 Å². The molecule has 6 rings (SSSR count). The lowest BCUT2D eigenvalue weighted by molar-refractivity contribution is -0.143. The lowest BCUT2D eigenvalue weighted by Gasteiger charge is -2.27. The van der Waals surface area contributed by atoms with E-state index in [4.69, 9.17) is 16.2 Å². The van der Waals surface area contributed by atoms with Crippen molar-refractivity contribution in [3.8, 4) is 0 Å². The number of nitrogen functional groups attached to an aromatic ring is 2. The molecule has 15 heteroatoms. The van der Waals surface area contributed by atoms with E-state index in [1.54, 1.807) is 36.4 Å². The normalized spacial score (nSPS) is 13.0. The van der Waals surface area contributed by atoms with Gasteiger partial charge in [0.2, 0.25) is 12.4 Å². The van der Waals surface area contributed by atoms with E-state index in [0.717, 1.165) is 10.3 Å². The van der Waals surface area contributed by atoms with E-state index >= 15 is 0 Å². The Labute approximate surface area is 272 Å². The summed E-state index contributed by atoms with van der Waals surface area (Å²) in [4.78, 5) is 83.1. The van der Waals surface area contributed by atoms with E-state index in [1.807, 2.05) is 12.1 Å². The predicted octanol–water partition coefficient (Wildman–Crippen LogP) is 2.25. The smallest absolute Gasteiger partial charge is 0.328 e. The van der Waals surface area contributed by atoms with Gasteiger partial charge in [-0.1, -0.05) is 24.3 Å². The standard InChI is InChI=1S/C33H29N9O6/c1-48-32(47)24(9-4-14-42-30(45)22-7-2-5-18-6-3-8-23(25(18)22)31(42)46)38-29(44)19-10-12-21(13-11-19)41(17-43)16-20-15-36-28-26(37-20)27(34)39-33(35)40-28/h2-3,5-8,10-13,15,17,24H,4,9,14,16H2,1H3,(H,38,44)(H4,34,35,36,39,40)/t24-/m0/s1. The number of ether oxygens (including phenoxy) is 1. The minimum absolute atomic E-state index is 0.0336. The van der Waals surface area contributed by atoms with Gasteiger partial charge in [0.1, 0.15) is 6.04 Å². The van der Waals surface area contributed by atoms with Gasteiger partial charge in [0, 0.05) is 34.3 Å². The lowest BCUT2D eigenvalue weighted by Crippen LogP contribution is -2.44. The highest BCUT2D eigenvalue weighted by atomic mass is 16.5. The summed E-state index contributed by atoms with van der Waals surface area (Å²) in [6.07, 6.45) is 2.38. The monoisotopic (exact) mass is 647 g/mol. The van der Waals surface area contributed by atoms with Crippen molar-refractivity contribution in [3.05, 3.63) is 89.2 Å². The second kappa shape index (κ2) is 13.1. The molecule has 1 atom stereocenters. The van der Waals surface area contributed by atoms with E-state index in [2.05, 4.69) is 25.3 Å². The van der Waals surface area contributed by atoms with Crippen molar-refractivity contribution < 1.29 is 28.7 Å². The van der Waals surface area contributed by atoms with Crippen LogP contribution in [0.5, 0.6) is 0 Å². The van der Waals surface area contributed by atoms with Crippen LogP contribution in [0.3, 0.4) is 0 Å². The first kappa shape index (κ1) is 31.5. The molecule has 3 aromatic carbocycles. The summed E-state index contributed by atoms with van der Waals surface area (Å²) in [7, 11) is 1.20. The third kappa shape index (κ3) is 6.03. The van der Waals surface area contributed by atoms with Crippen LogP contribution in [0, 0.1) is 0 Å². The number of esters is 1. The third-order valence-electron chi connectivity index (χ3n) is 7.94. The number of hydrogen-bond donors (Lipinski definition) is 3. The molecule has 0 radical (unpaired) electrons. The second-order valence-corrected chi connectivity index (χ2v) is 10.9. The molecule has 15 nitrogen and oxygen atoms in total. The van der Waals surface area contributed by atoms with E-state index in [9.17, 15) is 24.0 Å². The quantitative estimate of drug-likeness (QED) is 0.107. The van der Waals surface area contributed by atoms with Crippen LogP contribution in [0.4, 0.5) is 17.5 Å².